The largest absolute Gasteiger partial charge is 0.497 e. The maximum Gasteiger partial charge on any atom is 0.246 e. The number of nitrogens with one attached hydrogen (secondary N) is 1. The van der Waals surface area contributed by atoms with Gasteiger partial charge < -0.3 is 19.9 Å². The zero-order valence-electron chi connectivity index (χ0n) is 13.4. The van der Waals surface area contributed by atoms with Gasteiger partial charge in [-0.25, -0.2) is 4.98 Å². The molecule has 1 aliphatic heterocycles. The number of rotatable bonds is 4. The standard InChI is InChI=1S/C16H19N5O2/c1-20-10-14(22)21(2)13-9-18-16(19-15(13)20)17-8-11-5-4-6-12(7-11)23-3/h4-7,9H,8,10H2,1-3H3,(H,17,18,19). The SMILES string of the molecule is COc1cccc(CNc2ncc3c(n2)N(C)CC(=O)N3C)c1. The Labute approximate surface area is 134 Å². The van der Waals surface area contributed by atoms with Crippen molar-refractivity contribution < 1.29 is 9.53 Å². The van der Waals surface area contributed by atoms with Crippen molar-refractivity contribution in [3.05, 3.63) is 36.0 Å². The fourth-order valence-electron chi connectivity index (χ4n) is 2.45. The molecule has 0 atom stereocenters. The summed E-state index contributed by atoms with van der Waals surface area (Å²) in [7, 11) is 5.23. The van der Waals surface area contributed by atoms with Crippen molar-refractivity contribution in [2.75, 3.05) is 42.9 Å². The van der Waals surface area contributed by atoms with Crippen molar-refractivity contribution in [2.24, 2.45) is 0 Å². The van der Waals surface area contributed by atoms with Gasteiger partial charge in [0.25, 0.3) is 0 Å². The highest BCUT2D eigenvalue weighted by atomic mass is 16.5. The first-order valence-electron chi connectivity index (χ1n) is 7.30. The Morgan fingerprint density at radius 2 is 2.17 bits per heavy atom. The van der Waals surface area contributed by atoms with E-state index in [1.165, 1.54) is 0 Å². The summed E-state index contributed by atoms with van der Waals surface area (Å²) in [6.45, 7) is 0.907. The van der Waals surface area contributed by atoms with Crippen LogP contribution >= 0.6 is 0 Å². The monoisotopic (exact) mass is 313 g/mol. The van der Waals surface area contributed by atoms with Gasteiger partial charge in [0.1, 0.15) is 11.4 Å². The minimum atomic E-state index is 0.0284. The highest BCUT2D eigenvalue weighted by molar-refractivity contribution is 6.01. The van der Waals surface area contributed by atoms with Gasteiger partial charge in [-0.15, -0.1) is 0 Å². The number of nitrogens with zero attached hydrogens (tertiary/aromatic N) is 4. The summed E-state index contributed by atoms with van der Waals surface area (Å²) in [5.41, 5.74) is 1.79. The van der Waals surface area contributed by atoms with E-state index >= 15 is 0 Å². The highest BCUT2D eigenvalue weighted by Crippen LogP contribution is 2.29. The number of carbonyl (C=O) groups is 1. The van der Waals surface area contributed by atoms with Gasteiger partial charge in [-0.05, 0) is 17.7 Å². The lowest BCUT2D eigenvalue weighted by atomic mass is 10.2. The molecule has 0 saturated carbocycles. The Balaban J connectivity index is 1.77. The topological polar surface area (TPSA) is 70.6 Å². The van der Waals surface area contributed by atoms with E-state index in [2.05, 4.69) is 15.3 Å². The van der Waals surface area contributed by atoms with E-state index < -0.39 is 0 Å². The fraction of sp³-hybridized carbons (Fsp3) is 0.312. The number of methoxy groups -OCH3 is 1. The van der Waals surface area contributed by atoms with E-state index in [0.29, 0.717) is 19.0 Å². The number of ether oxygens (including phenoxy) is 1. The molecule has 7 heteroatoms. The Hall–Kier alpha value is -2.83. The predicted molar refractivity (Wildman–Crippen MR) is 89.0 cm³/mol. The summed E-state index contributed by atoms with van der Waals surface area (Å²) in [6.07, 6.45) is 1.67. The molecule has 3 rings (SSSR count). The van der Waals surface area contributed by atoms with Crippen LogP contribution in [0.3, 0.4) is 0 Å². The van der Waals surface area contributed by atoms with Crippen LogP contribution in [0, 0.1) is 0 Å². The molecule has 23 heavy (non-hydrogen) atoms. The van der Waals surface area contributed by atoms with E-state index in [9.17, 15) is 4.79 Å². The van der Waals surface area contributed by atoms with E-state index in [0.717, 1.165) is 22.8 Å². The maximum absolute atomic E-state index is 11.8. The molecular formula is C16H19N5O2. The minimum Gasteiger partial charge on any atom is -0.497 e. The molecule has 2 heterocycles. The molecule has 0 spiro atoms. The second-order valence-corrected chi connectivity index (χ2v) is 5.42. The summed E-state index contributed by atoms with van der Waals surface area (Å²) in [4.78, 5) is 24.0. The van der Waals surface area contributed by atoms with Gasteiger partial charge >= 0.3 is 0 Å². The molecule has 0 fully saturated rings. The van der Waals surface area contributed by atoms with Crippen molar-refractivity contribution in [1.29, 1.82) is 0 Å². The normalized spacial score (nSPS) is 13.8. The van der Waals surface area contributed by atoms with Gasteiger partial charge in [-0.1, -0.05) is 12.1 Å². The first-order chi connectivity index (χ1) is 11.1. The number of anilines is 3. The number of fused-ring (bicyclic) bond motifs is 1. The highest BCUT2D eigenvalue weighted by Gasteiger charge is 2.26. The summed E-state index contributed by atoms with van der Waals surface area (Å²) >= 11 is 0. The number of aromatic nitrogens is 2. The first kappa shape index (κ1) is 15.1. The molecule has 1 aromatic carbocycles. The number of benzene rings is 1. The van der Waals surface area contributed by atoms with Gasteiger partial charge in [0, 0.05) is 20.6 Å². The van der Waals surface area contributed by atoms with Crippen LogP contribution in [0.25, 0.3) is 0 Å². The van der Waals surface area contributed by atoms with Crippen LogP contribution in [0.2, 0.25) is 0 Å². The third-order valence-corrected chi connectivity index (χ3v) is 3.80. The van der Waals surface area contributed by atoms with Crippen molar-refractivity contribution in [1.82, 2.24) is 9.97 Å². The van der Waals surface area contributed by atoms with Gasteiger partial charge in [0.2, 0.25) is 11.9 Å². The molecule has 1 aliphatic rings. The van der Waals surface area contributed by atoms with E-state index in [1.54, 1.807) is 25.3 Å². The zero-order chi connectivity index (χ0) is 16.4. The lowest BCUT2D eigenvalue weighted by molar-refractivity contribution is -0.117. The van der Waals surface area contributed by atoms with E-state index in [4.69, 9.17) is 4.74 Å². The number of likely N-dealkylation sites (N-methyl/N-ethyl adjacent to an activating group) is 2. The molecule has 7 nitrogen and oxygen atoms in total. The second-order valence-electron chi connectivity index (χ2n) is 5.42. The van der Waals surface area contributed by atoms with E-state index in [-0.39, 0.29) is 5.91 Å². The lowest BCUT2D eigenvalue weighted by Gasteiger charge is -2.31. The van der Waals surface area contributed by atoms with Crippen LogP contribution in [0.15, 0.2) is 30.5 Å². The molecule has 0 bridgehead atoms. The quantitative estimate of drug-likeness (QED) is 0.922. The minimum absolute atomic E-state index is 0.0284. The van der Waals surface area contributed by atoms with Crippen molar-refractivity contribution in [2.45, 2.75) is 6.54 Å². The molecule has 0 radical (unpaired) electrons. The predicted octanol–water partition coefficient (Wildman–Crippen LogP) is 1.51. The number of amides is 1. The molecule has 2 aromatic rings. The molecule has 0 aliphatic carbocycles. The number of hydrogen-bond acceptors (Lipinski definition) is 6. The summed E-state index contributed by atoms with van der Waals surface area (Å²) < 4.78 is 5.21. The third kappa shape index (κ3) is 3.03. The van der Waals surface area contributed by atoms with Crippen molar-refractivity contribution in [3.8, 4) is 5.75 Å². The molecule has 1 N–H and O–H groups in total. The first-order valence-corrected chi connectivity index (χ1v) is 7.30. The molecule has 0 unspecified atom stereocenters. The Bertz CT molecular complexity index is 734. The van der Waals surface area contributed by atoms with Crippen LogP contribution in [0.5, 0.6) is 5.75 Å². The maximum atomic E-state index is 11.8. The zero-order valence-corrected chi connectivity index (χ0v) is 13.4. The summed E-state index contributed by atoms with van der Waals surface area (Å²) in [5.74, 6) is 2.12. The van der Waals surface area contributed by atoms with E-state index in [1.807, 2.05) is 36.2 Å². The Kier molecular flexibility index (Phi) is 4.01. The molecule has 0 saturated heterocycles. The number of hydrogen-bond donors (Lipinski definition) is 1. The van der Waals surface area contributed by atoms with Crippen LogP contribution in [0.4, 0.5) is 17.5 Å². The molecular weight excluding hydrogens is 294 g/mol. The molecule has 120 valence electrons. The van der Waals surface area contributed by atoms with Crippen LogP contribution in [-0.4, -0.2) is 43.6 Å². The fourth-order valence-corrected chi connectivity index (χ4v) is 2.45. The summed E-state index contributed by atoms with van der Waals surface area (Å²) in [5, 5.41) is 3.20. The Morgan fingerprint density at radius 3 is 2.96 bits per heavy atom. The molecule has 1 aromatic heterocycles. The summed E-state index contributed by atoms with van der Waals surface area (Å²) in [6, 6.07) is 7.81. The van der Waals surface area contributed by atoms with Gasteiger partial charge in [-0.3, -0.25) is 4.79 Å². The van der Waals surface area contributed by atoms with Crippen LogP contribution in [-0.2, 0) is 11.3 Å². The average Bonchev–Trinajstić information content (AvgIpc) is 2.58. The lowest BCUT2D eigenvalue weighted by Crippen LogP contribution is -2.42. The molecule has 1 amide bonds. The van der Waals surface area contributed by atoms with Gasteiger partial charge in [0.15, 0.2) is 5.82 Å². The third-order valence-electron chi connectivity index (χ3n) is 3.80. The average molecular weight is 313 g/mol. The van der Waals surface area contributed by atoms with Gasteiger partial charge in [-0.2, -0.15) is 4.98 Å². The smallest absolute Gasteiger partial charge is 0.246 e. The van der Waals surface area contributed by atoms with Crippen molar-refractivity contribution >= 4 is 23.4 Å². The second kappa shape index (κ2) is 6.12. The van der Waals surface area contributed by atoms with Crippen LogP contribution < -0.4 is 19.9 Å². The Morgan fingerprint density at radius 1 is 1.35 bits per heavy atom. The van der Waals surface area contributed by atoms with Crippen LogP contribution in [0.1, 0.15) is 5.56 Å². The van der Waals surface area contributed by atoms with Crippen molar-refractivity contribution in [3.63, 3.8) is 0 Å². The number of carbonyl (C=O) groups excluding carboxylic acids is 1. The van der Waals surface area contributed by atoms with Gasteiger partial charge in [0.05, 0.1) is 19.9 Å².